The minimum Gasteiger partial charge on any atom is -0.353 e. The smallest absolute Gasteiger partial charge is 0.234 e. The van der Waals surface area contributed by atoms with Crippen LogP contribution in [0.5, 0.6) is 0 Å². The first-order chi connectivity index (χ1) is 7.72. The highest BCUT2D eigenvalue weighted by Crippen LogP contribution is 2.04. The molecular weight excluding hydrogens is 220 g/mol. The molecule has 0 saturated heterocycles. The van der Waals surface area contributed by atoms with Crippen molar-refractivity contribution >= 4 is 17.2 Å². The van der Waals surface area contributed by atoms with E-state index in [1.807, 2.05) is 12.3 Å². The molecule has 0 bridgehead atoms. The molecule has 0 fully saturated rings. The molecule has 1 heterocycles. The first-order valence-corrected chi connectivity index (χ1v) is 6.67. The van der Waals surface area contributed by atoms with Gasteiger partial charge in [-0.05, 0) is 35.7 Å². The van der Waals surface area contributed by atoms with Gasteiger partial charge < -0.3 is 10.6 Å². The highest BCUT2D eigenvalue weighted by atomic mass is 32.1. The van der Waals surface area contributed by atoms with Gasteiger partial charge in [-0.15, -0.1) is 0 Å². The number of hydrogen-bond donors (Lipinski definition) is 2. The van der Waals surface area contributed by atoms with Crippen molar-refractivity contribution in [1.29, 1.82) is 0 Å². The Bertz CT molecular complexity index is 298. The van der Waals surface area contributed by atoms with E-state index < -0.39 is 0 Å². The van der Waals surface area contributed by atoms with E-state index in [0.717, 1.165) is 19.4 Å². The molecule has 1 aromatic heterocycles. The van der Waals surface area contributed by atoms with Crippen LogP contribution in [0.4, 0.5) is 0 Å². The Balaban J connectivity index is 2.10. The summed E-state index contributed by atoms with van der Waals surface area (Å²) in [6, 6.07) is 2.34. The summed E-state index contributed by atoms with van der Waals surface area (Å²) < 4.78 is 0. The molecule has 4 heteroatoms. The zero-order chi connectivity index (χ0) is 11.8. The monoisotopic (exact) mass is 240 g/mol. The van der Waals surface area contributed by atoms with E-state index in [0.29, 0.717) is 6.54 Å². The summed E-state index contributed by atoms with van der Waals surface area (Å²) in [5.74, 6) is 0.0798. The average molecular weight is 240 g/mol. The van der Waals surface area contributed by atoms with E-state index in [4.69, 9.17) is 0 Å². The minimum absolute atomic E-state index is 0.0798. The molecule has 90 valence electrons. The Kier molecular flexibility index (Phi) is 6.11. The lowest BCUT2D eigenvalue weighted by atomic mass is 10.2. The Labute approximate surface area is 101 Å². The van der Waals surface area contributed by atoms with Gasteiger partial charge in [-0.1, -0.05) is 13.3 Å². The van der Waals surface area contributed by atoms with Crippen LogP contribution >= 0.6 is 11.3 Å². The second kappa shape index (κ2) is 7.41. The fourth-order valence-corrected chi connectivity index (χ4v) is 2.21. The van der Waals surface area contributed by atoms with Gasteiger partial charge in [0.2, 0.25) is 5.91 Å². The molecule has 0 aromatic carbocycles. The van der Waals surface area contributed by atoms with Crippen molar-refractivity contribution in [3.8, 4) is 0 Å². The summed E-state index contributed by atoms with van der Waals surface area (Å²) in [6.45, 7) is 5.32. The lowest BCUT2D eigenvalue weighted by molar-refractivity contribution is -0.120. The van der Waals surface area contributed by atoms with Crippen LogP contribution in [-0.4, -0.2) is 18.5 Å². The molecule has 1 atom stereocenters. The first kappa shape index (κ1) is 13.2. The average Bonchev–Trinajstić information content (AvgIpc) is 2.70. The third-order valence-corrected chi connectivity index (χ3v) is 3.06. The lowest BCUT2D eigenvalue weighted by Crippen LogP contribution is -2.38. The first-order valence-electron chi connectivity index (χ1n) is 5.73. The van der Waals surface area contributed by atoms with Crippen molar-refractivity contribution in [2.45, 2.75) is 39.3 Å². The van der Waals surface area contributed by atoms with Gasteiger partial charge in [0.1, 0.15) is 0 Å². The van der Waals surface area contributed by atoms with Crippen LogP contribution in [-0.2, 0) is 11.3 Å². The molecule has 0 aliphatic heterocycles. The van der Waals surface area contributed by atoms with Gasteiger partial charge in [0.15, 0.2) is 0 Å². The molecule has 0 spiro atoms. The molecule has 2 N–H and O–H groups in total. The molecular formula is C12H20N2OS. The number of nitrogens with one attached hydrogen (secondary N) is 2. The second-order valence-electron chi connectivity index (χ2n) is 3.99. The zero-order valence-electron chi connectivity index (χ0n) is 9.95. The minimum atomic E-state index is 0.0798. The Morgan fingerprint density at radius 1 is 1.56 bits per heavy atom. The number of amides is 1. The third-order valence-electron chi connectivity index (χ3n) is 2.32. The van der Waals surface area contributed by atoms with E-state index in [1.54, 1.807) is 11.3 Å². The molecule has 0 saturated carbocycles. The van der Waals surface area contributed by atoms with E-state index in [1.165, 1.54) is 5.56 Å². The maximum Gasteiger partial charge on any atom is 0.234 e. The predicted octanol–water partition coefficient (Wildman–Crippen LogP) is 2.14. The quantitative estimate of drug-likeness (QED) is 0.766. The molecule has 3 nitrogen and oxygen atoms in total. The van der Waals surface area contributed by atoms with E-state index >= 15 is 0 Å². The molecule has 1 aromatic rings. The van der Waals surface area contributed by atoms with Crippen LogP contribution in [0.15, 0.2) is 16.8 Å². The number of thiophene rings is 1. The lowest BCUT2D eigenvalue weighted by Gasteiger charge is -2.12. The Morgan fingerprint density at radius 2 is 2.38 bits per heavy atom. The van der Waals surface area contributed by atoms with Crippen molar-refractivity contribution in [3.05, 3.63) is 22.4 Å². The van der Waals surface area contributed by atoms with Gasteiger partial charge in [-0.25, -0.2) is 0 Å². The molecule has 0 aliphatic rings. The number of carbonyl (C=O) groups excluding carboxylic acids is 1. The van der Waals surface area contributed by atoms with Gasteiger partial charge in [0.05, 0.1) is 6.54 Å². The summed E-state index contributed by atoms with van der Waals surface area (Å²) in [7, 11) is 0. The fourth-order valence-electron chi connectivity index (χ4n) is 1.54. The van der Waals surface area contributed by atoms with Crippen molar-refractivity contribution in [1.82, 2.24) is 10.6 Å². The molecule has 1 amide bonds. The van der Waals surface area contributed by atoms with Crippen LogP contribution in [0, 0.1) is 0 Å². The van der Waals surface area contributed by atoms with Crippen molar-refractivity contribution in [3.63, 3.8) is 0 Å². The second-order valence-corrected chi connectivity index (χ2v) is 4.77. The normalized spacial score (nSPS) is 12.4. The number of hydrogen-bond acceptors (Lipinski definition) is 3. The van der Waals surface area contributed by atoms with Crippen molar-refractivity contribution in [2.75, 3.05) is 6.54 Å². The highest BCUT2D eigenvalue weighted by Gasteiger charge is 2.05. The molecule has 1 unspecified atom stereocenters. The maximum atomic E-state index is 11.5. The van der Waals surface area contributed by atoms with Gasteiger partial charge in [0.25, 0.3) is 0 Å². The summed E-state index contributed by atoms with van der Waals surface area (Å²) in [5.41, 5.74) is 1.24. The van der Waals surface area contributed by atoms with Crippen LogP contribution in [0.2, 0.25) is 0 Å². The highest BCUT2D eigenvalue weighted by molar-refractivity contribution is 7.07. The van der Waals surface area contributed by atoms with Crippen LogP contribution < -0.4 is 10.6 Å². The van der Waals surface area contributed by atoms with Crippen LogP contribution in [0.25, 0.3) is 0 Å². The zero-order valence-corrected chi connectivity index (χ0v) is 10.8. The molecule has 16 heavy (non-hydrogen) atoms. The largest absolute Gasteiger partial charge is 0.353 e. The van der Waals surface area contributed by atoms with E-state index in [-0.39, 0.29) is 11.9 Å². The fraction of sp³-hybridized carbons (Fsp3) is 0.583. The van der Waals surface area contributed by atoms with Gasteiger partial charge >= 0.3 is 0 Å². The summed E-state index contributed by atoms with van der Waals surface area (Å²) in [5, 5.41) is 10.2. The van der Waals surface area contributed by atoms with Gasteiger partial charge in [-0.2, -0.15) is 11.3 Å². The van der Waals surface area contributed by atoms with Crippen LogP contribution in [0.1, 0.15) is 32.3 Å². The Hall–Kier alpha value is -0.870. The molecule has 1 rings (SSSR count). The van der Waals surface area contributed by atoms with Crippen molar-refractivity contribution in [2.24, 2.45) is 0 Å². The van der Waals surface area contributed by atoms with E-state index in [2.05, 4.69) is 29.0 Å². The number of rotatable bonds is 7. The third kappa shape index (κ3) is 5.28. The standard InChI is InChI=1S/C12H20N2OS/c1-3-4-10(2)14-12(15)8-13-7-11-5-6-16-9-11/h5-6,9-10,13H,3-4,7-8H2,1-2H3,(H,14,15). The van der Waals surface area contributed by atoms with Crippen LogP contribution in [0.3, 0.4) is 0 Å². The predicted molar refractivity (Wildman–Crippen MR) is 68.5 cm³/mol. The van der Waals surface area contributed by atoms with Gasteiger partial charge in [0, 0.05) is 12.6 Å². The summed E-state index contributed by atoms with van der Waals surface area (Å²) >= 11 is 1.68. The summed E-state index contributed by atoms with van der Waals surface area (Å²) in [6.07, 6.45) is 2.14. The SMILES string of the molecule is CCCC(C)NC(=O)CNCc1ccsc1. The number of carbonyl (C=O) groups is 1. The molecule has 0 aliphatic carbocycles. The van der Waals surface area contributed by atoms with Crippen molar-refractivity contribution < 1.29 is 4.79 Å². The van der Waals surface area contributed by atoms with Gasteiger partial charge in [-0.3, -0.25) is 4.79 Å². The summed E-state index contributed by atoms with van der Waals surface area (Å²) in [4.78, 5) is 11.5. The maximum absolute atomic E-state index is 11.5. The van der Waals surface area contributed by atoms with E-state index in [9.17, 15) is 4.79 Å². The molecule has 0 radical (unpaired) electrons. The Morgan fingerprint density at radius 3 is 3.00 bits per heavy atom. The topological polar surface area (TPSA) is 41.1 Å².